The summed E-state index contributed by atoms with van der Waals surface area (Å²) >= 11 is 13.0. The number of nitrogens with two attached hydrogens (primary N) is 1. The quantitative estimate of drug-likeness (QED) is 0.417. The van der Waals surface area contributed by atoms with Crippen LogP contribution in [0, 0.1) is 5.82 Å². The molecule has 1 aromatic heterocycles. The predicted molar refractivity (Wildman–Crippen MR) is 112 cm³/mol. The van der Waals surface area contributed by atoms with Crippen LogP contribution in [0.5, 0.6) is 5.75 Å². The second-order valence-corrected chi connectivity index (χ2v) is 11.5. The zero-order valence-electron chi connectivity index (χ0n) is 14.4. The number of halogens is 3. The van der Waals surface area contributed by atoms with Gasteiger partial charge < -0.3 is 15.2 Å². The van der Waals surface area contributed by atoms with E-state index in [2.05, 4.69) is 0 Å². The van der Waals surface area contributed by atoms with Gasteiger partial charge in [-0.2, -0.15) is 4.72 Å². The Morgan fingerprint density at radius 1 is 1.21 bits per heavy atom. The van der Waals surface area contributed by atoms with Crippen LogP contribution in [0.4, 0.5) is 4.39 Å². The number of nitrogens with one attached hydrogen (secondary N) is 1. The van der Waals surface area contributed by atoms with Gasteiger partial charge in [-0.05, 0) is 35.9 Å². The first-order valence-corrected chi connectivity index (χ1v) is 12.7. The third-order valence-corrected chi connectivity index (χ3v) is 8.80. The molecular formula is C16H14Cl2FN2O5PS2. The smallest absolute Gasteiger partial charge is 0.391 e. The van der Waals surface area contributed by atoms with Crippen LogP contribution < -0.4 is 15.0 Å². The third kappa shape index (κ3) is 5.10. The lowest BCUT2D eigenvalue weighted by Gasteiger charge is -2.15. The SMILES string of the molecule is NCc1ccc(F)c(OP(=O)(O)CNS(=O)(=O)c2cc3c(Cl)ccc(Cl)c3s2)c1. The molecule has 0 saturated carbocycles. The highest BCUT2D eigenvalue weighted by atomic mass is 35.5. The van der Waals surface area contributed by atoms with Gasteiger partial charge in [0.15, 0.2) is 11.6 Å². The molecule has 1 unspecified atom stereocenters. The van der Waals surface area contributed by atoms with Crippen molar-refractivity contribution in [2.24, 2.45) is 5.73 Å². The molecule has 0 aliphatic carbocycles. The molecule has 0 fully saturated rings. The van der Waals surface area contributed by atoms with Gasteiger partial charge in [-0.3, -0.25) is 0 Å². The highest BCUT2D eigenvalue weighted by Gasteiger charge is 2.28. The van der Waals surface area contributed by atoms with E-state index in [0.717, 1.165) is 17.4 Å². The molecule has 1 heterocycles. The Hall–Kier alpha value is -1.23. The molecule has 4 N–H and O–H groups in total. The number of benzene rings is 2. The summed E-state index contributed by atoms with van der Waals surface area (Å²) in [6.07, 6.45) is -0.975. The molecule has 29 heavy (non-hydrogen) atoms. The highest BCUT2D eigenvalue weighted by molar-refractivity contribution is 7.92. The summed E-state index contributed by atoms with van der Waals surface area (Å²) in [5.74, 6) is -1.38. The molecule has 7 nitrogen and oxygen atoms in total. The van der Waals surface area contributed by atoms with Crippen LogP contribution in [0.2, 0.25) is 10.0 Å². The minimum atomic E-state index is -4.56. The summed E-state index contributed by atoms with van der Waals surface area (Å²) in [6.45, 7) is 0.0655. The summed E-state index contributed by atoms with van der Waals surface area (Å²) < 4.78 is 58.2. The van der Waals surface area contributed by atoms with Gasteiger partial charge in [-0.15, -0.1) is 11.3 Å². The second-order valence-electron chi connectivity index (χ2n) is 5.84. The van der Waals surface area contributed by atoms with Crippen LogP contribution in [0.1, 0.15) is 5.56 Å². The van der Waals surface area contributed by atoms with Gasteiger partial charge >= 0.3 is 7.60 Å². The van der Waals surface area contributed by atoms with Crippen LogP contribution in [0.15, 0.2) is 40.6 Å². The van der Waals surface area contributed by atoms with Crippen molar-refractivity contribution in [3.8, 4) is 5.75 Å². The summed E-state index contributed by atoms with van der Waals surface area (Å²) in [4.78, 5) is 9.96. The molecule has 0 amide bonds. The Kier molecular flexibility index (Phi) is 6.57. The van der Waals surface area contributed by atoms with Crippen LogP contribution in [-0.4, -0.2) is 19.6 Å². The average molecular weight is 499 g/mol. The summed E-state index contributed by atoms with van der Waals surface area (Å²) in [6, 6.07) is 7.97. The lowest BCUT2D eigenvalue weighted by Crippen LogP contribution is -2.25. The Balaban J connectivity index is 1.80. The van der Waals surface area contributed by atoms with Gasteiger partial charge in [0.2, 0.25) is 0 Å². The molecule has 0 radical (unpaired) electrons. The maximum atomic E-state index is 13.8. The lowest BCUT2D eigenvalue weighted by molar-refractivity contribution is 0.368. The van der Waals surface area contributed by atoms with E-state index in [0.29, 0.717) is 25.7 Å². The van der Waals surface area contributed by atoms with E-state index in [-0.39, 0.29) is 10.8 Å². The highest BCUT2D eigenvalue weighted by Crippen LogP contribution is 2.43. The normalized spacial score (nSPS) is 14.1. The van der Waals surface area contributed by atoms with E-state index in [4.69, 9.17) is 33.5 Å². The van der Waals surface area contributed by atoms with Crippen molar-refractivity contribution in [3.63, 3.8) is 0 Å². The number of hydrogen-bond donors (Lipinski definition) is 3. The van der Waals surface area contributed by atoms with E-state index >= 15 is 0 Å². The molecule has 0 bridgehead atoms. The lowest BCUT2D eigenvalue weighted by atomic mass is 10.2. The number of thiophene rings is 1. The van der Waals surface area contributed by atoms with Gasteiger partial charge in [0, 0.05) is 17.0 Å². The average Bonchev–Trinajstić information content (AvgIpc) is 3.13. The third-order valence-electron chi connectivity index (χ3n) is 3.75. The molecule has 0 saturated heterocycles. The number of fused-ring (bicyclic) bond motifs is 1. The molecule has 156 valence electrons. The van der Waals surface area contributed by atoms with Crippen molar-refractivity contribution >= 4 is 62.2 Å². The second kappa shape index (κ2) is 8.49. The molecular weight excluding hydrogens is 485 g/mol. The molecule has 3 aromatic rings. The number of sulfonamides is 1. The van der Waals surface area contributed by atoms with Crippen LogP contribution in [0.25, 0.3) is 10.1 Å². The number of hydrogen-bond acceptors (Lipinski definition) is 6. The summed E-state index contributed by atoms with van der Waals surface area (Å²) in [5.41, 5.74) is 5.92. The van der Waals surface area contributed by atoms with Crippen molar-refractivity contribution in [1.82, 2.24) is 4.72 Å². The van der Waals surface area contributed by atoms with Gasteiger partial charge in [0.25, 0.3) is 10.0 Å². The maximum absolute atomic E-state index is 13.8. The zero-order chi connectivity index (χ0) is 21.4. The first kappa shape index (κ1) is 22.5. The Bertz CT molecular complexity index is 1200. The van der Waals surface area contributed by atoms with Gasteiger partial charge in [-0.25, -0.2) is 17.4 Å². The molecule has 0 aliphatic rings. The monoisotopic (exact) mass is 498 g/mol. The van der Waals surface area contributed by atoms with Gasteiger partial charge in [-0.1, -0.05) is 29.3 Å². The Morgan fingerprint density at radius 2 is 1.90 bits per heavy atom. The summed E-state index contributed by atoms with van der Waals surface area (Å²) in [5, 5.41) is 1.07. The van der Waals surface area contributed by atoms with Gasteiger partial charge in [0.1, 0.15) is 10.5 Å². The first-order chi connectivity index (χ1) is 13.5. The largest absolute Gasteiger partial charge is 0.420 e. The van der Waals surface area contributed by atoms with Crippen molar-refractivity contribution in [2.45, 2.75) is 10.8 Å². The fraction of sp³-hybridized carbons (Fsp3) is 0.125. The van der Waals surface area contributed by atoms with E-state index < -0.39 is 35.5 Å². The minimum Gasteiger partial charge on any atom is -0.420 e. The topological polar surface area (TPSA) is 119 Å². The van der Waals surface area contributed by atoms with Crippen LogP contribution in [-0.2, 0) is 21.1 Å². The van der Waals surface area contributed by atoms with Crippen molar-refractivity contribution in [3.05, 3.63) is 57.8 Å². The van der Waals surface area contributed by atoms with Crippen molar-refractivity contribution in [2.75, 3.05) is 6.29 Å². The Labute approximate surface area is 179 Å². The number of rotatable bonds is 7. The predicted octanol–water partition coefficient (Wildman–Crippen LogP) is 4.31. The molecule has 3 rings (SSSR count). The van der Waals surface area contributed by atoms with Crippen LogP contribution >= 0.6 is 42.1 Å². The first-order valence-electron chi connectivity index (χ1n) is 7.89. The molecule has 1 atom stereocenters. The molecule has 0 aliphatic heterocycles. The van der Waals surface area contributed by atoms with E-state index in [1.165, 1.54) is 30.3 Å². The molecule has 2 aromatic carbocycles. The Morgan fingerprint density at radius 3 is 2.55 bits per heavy atom. The van der Waals surface area contributed by atoms with Crippen molar-refractivity contribution < 1.29 is 26.8 Å². The maximum Gasteiger partial charge on any atom is 0.391 e. The fourth-order valence-corrected chi connectivity index (χ4v) is 6.83. The minimum absolute atomic E-state index is 0.0655. The fourth-order valence-electron chi connectivity index (χ4n) is 2.34. The molecule has 13 heteroatoms. The molecule has 0 spiro atoms. The summed E-state index contributed by atoms with van der Waals surface area (Å²) in [7, 11) is -8.74. The van der Waals surface area contributed by atoms with E-state index in [1.807, 2.05) is 4.72 Å². The van der Waals surface area contributed by atoms with Crippen LogP contribution in [0.3, 0.4) is 0 Å². The van der Waals surface area contributed by atoms with E-state index in [9.17, 15) is 22.3 Å². The van der Waals surface area contributed by atoms with Crippen molar-refractivity contribution in [1.29, 1.82) is 0 Å². The standard InChI is InChI=1S/C16H14Cl2FN2O5PS2/c17-11-2-3-12(18)16-10(11)6-15(28-16)29(24,25)21-8-27(22,23)26-14-5-9(7-20)1-4-13(14)19/h1-6,21H,7-8,20H2,(H,22,23). The van der Waals surface area contributed by atoms with E-state index in [1.54, 1.807) is 0 Å². The van der Waals surface area contributed by atoms with Gasteiger partial charge in [0.05, 0.1) is 9.72 Å². The zero-order valence-corrected chi connectivity index (χ0v) is 18.5.